The van der Waals surface area contributed by atoms with Crippen molar-refractivity contribution in [2.24, 2.45) is 5.73 Å². The van der Waals surface area contributed by atoms with Gasteiger partial charge in [0.15, 0.2) is 0 Å². The largest absolute Gasteiger partial charge is 0.496 e. The smallest absolute Gasteiger partial charge is 0.318 e. The Kier molecular flexibility index (Phi) is 33.5. The minimum Gasteiger partial charge on any atom is -0.496 e. The number of hydrogen-bond acceptors (Lipinski definition) is 23. The van der Waals surface area contributed by atoms with E-state index < -0.39 is 5.91 Å². The molecule has 0 spiro atoms. The highest BCUT2D eigenvalue weighted by Gasteiger charge is 2.31. The molecular formula is C112H108Cl5N21O8. The van der Waals surface area contributed by atoms with Gasteiger partial charge in [-0.05, 0) is 144 Å². The number of methoxy groups -OCH3 is 2. The van der Waals surface area contributed by atoms with Crippen LogP contribution >= 0.6 is 58.0 Å². The number of fused-ring (bicyclic) bond motifs is 5. The van der Waals surface area contributed by atoms with E-state index >= 15 is 0 Å². The highest BCUT2D eigenvalue weighted by molar-refractivity contribution is 6.37. The molecule has 0 bridgehead atoms. The SMILES string of the molecule is C=CC(=O)N1CCN(c2nc(C)nc3cc(-c4ccccc4)c(Cl)cc23)CC1.C=CC(=O)N1CCN(c2nc(OC)nc3cc(-c4ccccc4)c(Cl)cc23)CC1.C=CC(=O)N1CCN(c2ncnc3cc(-c4ccccc4C(C)C)c(Cl)cc23)CC1.C=CC(=O)N1CCN(c2ncnc3cc(-c4ccccc4C(N)=O)c(Cl)cc23)CC1.C=CC(=O)N1CCN(c2ncnc3cc(-c4ccccc4OC)c(Cl)cc23)CC1. The zero-order valence-corrected chi connectivity index (χ0v) is 85.3. The van der Waals surface area contributed by atoms with E-state index in [0.717, 1.165) is 128 Å². The van der Waals surface area contributed by atoms with Crippen LogP contribution in [0.3, 0.4) is 0 Å². The number of carbonyl (C=O) groups excluding carboxylic acids is 6. The molecule has 0 atom stereocenters. The van der Waals surface area contributed by atoms with Crippen molar-refractivity contribution in [3.63, 3.8) is 0 Å². The zero-order valence-electron chi connectivity index (χ0n) is 81.5. The lowest BCUT2D eigenvalue weighted by Gasteiger charge is -2.35. The summed E-state index contributed by atoms with van der Waals surface area (Å²) in [5.74, 6) is 5.22. The summed E-state index contributed by atoms with van der Waals surface area (Å²) in [6.45, 7) is 37.1. The highest BCUT2D eigenvalue weighted by Crippen LogP contribution is 2.44. The lowest BCUT2D eigenvalue weighted by molar-refractivity contribution is -0.127. The molecule has 5 saturated heterocycles. The lowest BCUT2D eigenvalue weighted by Crippen LogP contribution is -2.48. The summed E-state index contributed by atoms with van der Waals surface area (Å²) < 4.78 is 10.8. The number of anilines is 5. The van der Waals surface area contributed by atoms with Crippen molar-refractivity contribution in [1.82, 2.24) is 74.3 Å². The van der Waals surface area contributed by atoms with Crippen molar-refractivity contribution in [1.29, 1.82) is 0 Å². The molecule has 0 aliphatic carbocycles. The predicted molar refractivity (Wildman–Crippen MR) is 585 cm³/mol. The predicted octanol–water partition coefficient (Wildman–Crippen LogP) is 19.5. The summed E-state index contributed by atoms with van der Waals surface area (Å²) in [7, 11) is 3.20. The lowest BCUT2D eigenvalue weighted by atomic mass is 9.92. The second-order valence-corrected chi connectivity index (χ2v) is 37.2. The van der Waals surface area contributed by atoms with Crippen LogP contribution in [0, 0.1) is 6.92 Å². The van der Waals surface area contributed by atoms with Crippen molar-refractivity contribution in [2.45, 2.75) is 26.7 Å². The van der Waals surface area contributed by atoms with Crippen molar-refractivity contribution in [3.05, 3.63) is 318 Å². The van der Waals surface area contributed by atoms with Crippen LogP contribution in [0.15, 0.2) is 276 Å². The van der Waals surface area contributed by atoms with Gasteiger partial charge in [0, 0.05) is 222 Å². The van der Waals surface area contributed by atoms with E-state index in [1.807, 2.05) is 165 Å². The molecule has 15 aromatic rings. The first-order valence-corrected chi connectivity index (χ1v) is 49.6. The maximum Gasteiger partial charge on any atom is 0.318 e. The molecule has 0 unspecified atom stereocenters. The number of aryl methyl sites for hydroxylation is 1. The fourth-order valence-corrected chi connectivity index (χ4v) is 19.9. The highest BCUT2D eigenvalue weighted by atomic mass is 35.5. The van der Waals surface area contributed by atoms with Crippen LogP contribution in [0.2, 0.25) is 25.1 Å². The zero-order chi connectivity index (χ0) is 103. The van der Waals surface area contributed by atoms with Crippen LogP contribution in [0.1, 0.15) is 41.5 Å². The number of para-hydroxylation sites is 1. The third-order valence-corrected chi connectivity index (χ3v) is 27.7. The molecule has 10 aromatic carbocycles. The maximum atomic E-state index is 11.9. The van der Waals surface area contributed by atoms with Gasteiger partial charge in [0.25, 0.3) is 0 Å². The number of hydrogen-bond donors (Lipinski definition) is 1. The van der Waals surface area contributed by atoms with Crippen LogP contribution in [-0.4, -0.2) is 255 Å². The molecule has 34 heteroatoms. The van der Waals surface area contributed by atoms with Crippen LogP contribution < -0.4 is 39.7 Å². The van der Waals surface area contributed by atoms with E-state index in [9.17, 15) is 28.8 Å². The van der Waals surface area contributed by atoms with E-state index in [-0.39, 0.29) is 29.5 Å². The number of aromatic nitrogens is 10. The number of nitrogens with two attached hydrogens (primary N) is 1. The molecule has 5 aliphatic rings. The molecule has 6 amide bonds. The van der Waals surface area contributed by atoms with Gasteiger partial charge in [-0.1, -0.05) is 226 Å². The van der Waals surface area contributed by atoms with Crippen molar-refractivity contribution in [3.8, 4) is 67.4 Å². The molecule has 0 radical (unpaired) electrons. The normalized spacial score (nSPS) is 14.2. The first kappa shape index (κ1) is 103. The summed E-state index contributed by atoms with van der Waals surface area (Å²) in [6, 6.07) is 63.0. The van der Waals surface area contributed by atoms with Gasteiger partial charge in [0.1, 0.15) is 59.6 Å². The van der Waals surface area contributed by atoms with E-state index in [1.54, 1.807) is 63.5 Å². The number of nitrogens with zero attached hydrogens (tertiary/aromatic N) is 20. The molecule has 2 N–H and O–H groups in total. The number of halogens is 5. The summed E-state index contributed by atoms with van der Waals surface area (Å²) in [5.41, 5.74) is 20.4. The third kappa shape index (κ3) is 23.3. The van der Waals surface area contributed by atoms with Gasteiger partial charge in [0.05, 0.1) is 41.8 Å². The first-order chi connectivity index (χ1) is 70.8. The number of carbonyl (C=O) groups is 6. The Morgan fingerprint density at radius 2 is 0.610 bits per heavy atom. The van der Waals surface area contributed by atoms with E-state index in [1.165, 1.54) is 42.3 Å². The molecule has 29 nitrogen and oxygen atoms in total. The van der Waals surface area contributed by atoms with Crippen LogP contribution in [0.5, 0.6) is 11.8 Å². The Morgan fingerprint density at radius 1 is 0.315 bits per heavy atom. The molecule has 10 heterocycles. The minimum atomic E-state index is -0.517. The molecule has 20 rings (SSSR count). The second kappa shape index (κ2) is 47.3. The fourth-order valence-electron chi connectivity index (χ4n) is 18.6. The van der Waals surface area contributed by atoms with Gasteiger partial charge in [-0.2, -0.15) is 9.97 Å². The van der Waals surface area contributed by atoms with Gasteiger partial charge in [-0.15, -0.1) is 0 Å². The molecule has 744 valence electrons. The Bertz CT molecular complexity index is 7480. The van der Waals surface area contributed by atoms with E-state index in [4.69, 9.17) is 78.2 Å². The van der Waals surface area contributed by atoms with E-state index in [0.29, 0.717) is 196 Å². The molecular weight excluding hydrogens is 1940 g/mol. The average molecular weight is 2050 g/mol. The molecule has 5 fully saturated rings. The van der Waals surface area contributed by atoms with Crippen molar-refractivity contribution in [2.75, 3.05) is 170 Å². The molecule has 146 heavy (non-hydrogen) atoms. The number of benzene rings is 10. The van der Waals surface area contributed by atoms with E-state index in [2.05, 4.69) is 140 Å². The summed E-state index contributed by atoms with van der Waals surface area (Å²) in [5, 5.41) is 7.51. The molecule has 5 aliphatic heterocycles. The van der Waals surface area contributed by atoms with Gasteiger partial charge >= 0.3 is 6.01 Å². The Hall–Kier alpha value is -15.5. The summed E-state index contributed by atoms with van der Waals surface area (Å²) in [4.78, 5) is 136. The number of piperazine rings is 5. The number of ether oxygens (including phenoxy) is 2. The topological polar surface area (TPSA) is 308 Å². The van der Waals surface area contributed by atoms with Crippen molar-refractivity contribution >= 4 is 177 Å². The average Bonchev–Trinajstić information content (AvgIpc) is 0.791. The van der Waals surface area contributed by atoms with Crippen molar-refractivity contribution < 1.29 is 38.2 Å². The fraction of sp³-hybridized carbons (Fsp3) is 0.232. The Labute approximate surface area is 871 Å². The molecule has 0 saturated carbocycles. The summed E-state index contributed by atoms with van der Waals surface area (Å²) in [6.07, 6.45) is 11.5. The minimum absolute atomic E-state index is 0.0288. The number of rotatable bonds is 19. The van der Waals surface area contributed by atoms with Crippen LogP contribution in [0.25, 0.3) is 110 Å². The second-order valence-electron chi connectivity index (χ2n) is 35.1. The van der Waals surface area contributed by atoms with Gasteiger partial charge < -0.3 is 64.2 Å². The maximum absolute atomic E-state index is 11.9. The molecule has 5 aromatic heterocycles. The van der Waals surface area contributed by atoms with Gasteiger partial charge in [-0.25, -0.2) is 39.9 Å². The van der Waals surface area contributed by atoms with Crippen LogP contribution in [0.4, 0.5) is 29.1 Å². The first-order valence-electron chi connectivity index (χ1n) is 47.7. The third-order valence-electron chi connectivity index (χ3n) is 26.2. The Balaban J connectivity index is 0.000000131. The standard InChI is InChI=1S/C24H25ClN4O.C22H20ClN5O2.2C22H21ClN4O2.C22H21ClN4O/c1-4-23(30)28-9-11-29(12-10-28)24-20-13-21(25)19(14-22(20)26-15-27-24)18-8-6-5-7-17(18)16(2)3;1-2-20(29)27-7-9-28(10-8-27)22-17-11-18(23)16(12-19(17)25-13-26-22)14-5-3-4-6-15(14)21(24)30;1-3-21(28)26-8-10-27(11-9-26)22-17-12-18(23)16(13-19(17)24-14-25-22)15-6-4-5-7-20(15)29-2;1-3-20(28)26-9-11-27(12-10-26)21-17-13-18(23)16(15-7-5-4-6-8-15)14-19(17)24-22(25-21)29-2;1-3-21(28)26-9-11-27(12-10-26)22-18-13-19(23)17(16-7-5-4-6-8-16)14-20(18)24-15(2)25-22/h4-8,13-16H,1,9-12H2,2-3H3;2-6,11-13H,1,7-10H2,(H2,24,30);3-7,12-14H,1,8-11H2,2H3;3-8,13-14H,1,9-12H2,2H3;3-8,13-14H,1,9-12H2,2H3. The summed E-state index contributed by atoms with van der Waals surface area (Å²) >= 11 is 33.3. The number of primary amides is 1. The van der Waals surface area contributed by atoms with Gasteiger partial charge in [0.2, 0.25) is 35.4 Å². The quantitative estimate of drug-likeness (QED) is 0.0735. The van der Waals surface area contributed by atoms with Crippen LogP contribution in [-0.2, 0) is 24.0 Å². The monoisotopic (exact) mass is 2050 g/mol. The number of amides is 6. The van der Waals surface area contributed by atoms with Gasteiger partial charge in [-0.3, -0.25) is 28.8 Å². The Morgan fingerprint density at radius 3 is 0.966 bits per heavy atom.